The number of Topliss-reactive ketones (excluding diaryl/α,β-unsaturated/α-hetero) is 1. The SMILES string of the molecule is CCCC1CCN(CCC(=O)c2c(F)cccc2OC)C1. The molecule has 0 amide bonds. The van der Waals surface area contributed by atoms with Gasteiger partial charge < -0.3 is 9.64 Å². The van der Waals surface area contributed by atoms with E-state index in [1.54, 1.807) is 12.1 Å². The Bertz CT molecular complexity index is 490. The normalized spacial score (nSPS) is 18.9. The Morgan fingerprint density at radius 1 is 1.48 bits per heavy atom. The average Bonchev–Trinajstić information content (AvgIpc) is 2.92. The first-order valence-electron chi connectivity index (χ1n) is 7.73. The number of likely N-dealkylation sites (tertiary alicyclic amines) is 1. The van der Waals surface area contributed by atoms with Gasteiger partial charge in [0, 0.05) is 19.5 Å². The molecule has 1 heterocycles. The third-order valence-electron chi connectivity index (χ3n) is 4.20. The number of carbonyl (C=O) groups excluding carboxylic acids is 1. The monoisotopic (exact) mass is 293 g/mol. The lowest BCUT2D eigenvalue weighted by Gasteiger charge is -2.16. The molecule has 0 radical (unpaired) electrons. The molecule has 0 aliphatic carbocycles. The second-order valence-corrected chi connectivity index (χ2v) is 5.73. The van der Waals surface area contributed by atoms with Gasteiger partial charge in [0.25, 0.3) is 0 Å². The molecule has 1 fully saturated rings. The summed E-state index contributed by atoms with van der Waals surface area (Å²) in [5.41, 5.74) is 0.0873. The molecule has 1 unspecified atom stereocenters. The summed E-state index contributed by atoms with van der Waals surface area (Å²) in [5.74, 6) is 0.409. The average molecular weight is 293 g/mol. The molecule has 3 nitrogen and oxygen atoms in total. The predicted molar refractivity (Wildman–Crippen MR) is 81.4 cm³/mol. The zero-order chi connectivity index (χ0) is 15.2. The number of benzene rings is 1. The van der Waals surface area contributed by atoms with Crippen LogP contribution in [0.1, 0.15) is 43.0 Å². The molecule has 1 aliphatic rings. The molecule has 1 saturated heterocycles. The summed E-state index contributed by atoms with van der Waals surface area (Å²) in [6.45, 7) is 5.02. The molecule has 0 spiro atoms. The van der Waals surface area contributed by atoms with Gasteiger partial charge in [-0.1, -0.05) is 19.4 Å². The van der Waals surface area contributed by atoms with E-state index in [2.05, 4.69) is 11.8 Å². The minimum atomic E-state index is -0.496. The summed E-state index contributed by atoms with van der Waals surface area (Å²) in [6, 6.07) is 4.49. The van der Waals surface area contributed by atoms with Gasteiger partial charge in [0.1, 0.15) is 11.6 Å². The minimum absolute atomic E-state index is 0.0873. The van der Waals surface area contributed by atoms with E-state index in [4.69, 9.17) is 4.74 Å². The number of nitrogens with zero attached hydrogens (tertiary/aromatic N) is 1. The lowest BCUT2D eigenvalue weighted by Crippen LogP contribution is -2.24. The van der Waals surface area contributed by atoms with Gasteiger partial charge in [0.15, 0.2) is 5.78 Å². The van der Waals surface area contributed by atoms with Crippen LogP contribution in [-0.2, 0) is 0 Å². The molecule has 1 atom stereocenters. The molecule has 0 aromatic heterocycles. The molecule has 1 aliphatic heterocycles. The lowest BCUT2D eigenvalue weighted by molar-refractivity contribution is 0.0961. The van der Waals surface area contributed by atoms with Crippen molar-refractivity contribution in [2.24, 2.45) is 5.92 Å². The maximum absolute atomic E-state index is 13.8. The highest BCUT2D eigenvalue weighted by molar-refractivity contribution is 5.99. The highest BCUT2D eigenvalue weighted by Gasteiger charge is 2.23. The standard InChI is InChI=1S/C17H24FNO2/c1-3-5-13-8-10-19(12-13)11-9-15(20)17-14(18)6-4-7-16(17)21-2/h4,6-7,13H,3,5,8-12H2,1-2H3. The fraction of sp³-hybridized carbons (Fsp3) is 0.588. The highest BCUT2D eigenvalue weighted by atomic mass is 19.1. The number of carbonyl (C=O) groups is 1. The van der Waals surface area contributed by atoms with Crippen LogP contribution in [0.3, 0.4) is 0 Å². The molecule has 21 heavy (non-hydrogen) atoms. The van der Waals surface area contributed by atoms with Crippen molar-refractivity contribution in [1.29, 1.82) is 0 Å². The second-order valence-electron chi connectivity index (χ2n) is 5.73. The van der Waals surface area contributed by atoms with E-state index in [9.17, 15) is 9.18 Å². The number of ketones is 1. The van der Waals surface area contributed by atoms with E-state index < -0.39 is 5.82 Å². The summed E-state index contributed by atoms with van der Waals surface area (Å²) in [6.07, 6.45) is 4.02. The van der Waals surface area contributed by atoms with Crippen molar-refractivity contribution in [2.75, 3.05) is 26.7 Å². The Labute approximate surface area is 126 Å². The third kappa shape index (κ3) is 4.03. The number of halogens is 1. The smallest absolute Gasteiger partial charge is 0.170 e. The summed E-state index contributed by atoms with van der Waals surface area (Å²) < 4.78 is 18.9. The maximum atomic E-state index is 13.8. The van der Waals surface area contributed by atoms with Crippen molar-refractivity contribution >= 4 is 5.78 Å². The summed E-state index contributed by atoms with van der Waals surface area (Å²) in [7, 11) is 1.46. The van der Waals surface area contributed by atoms with Gasteiger partial charge in [0.05, 0.1) is 12.7 Å². The minimum Gasteiger partial charge on any atom is -0.496 e. The van der Waals surface area contributed by atoms with Crippen LogP contribution in [0.5, 0.6) is 5.75 Å². The van der Waals surface area contributed by atoms with Crippen LogP contribution in [0.2, 0.25) is 0 Å². The fourth-order valence-electron chi connectivity index (χ4n) is 3.09. The highest BCUT2D eigenvalue weighted by Crippen LogP contribution is 2.24. The van der Waals surface area contributed by atoms with E-state index in [0.717, 1.165) is 19.0 Å². The van der Waals surface area contributed by atoms with Gasteiger partial charge in [-0.15, -0.1) is 0 Å². The molecule has 1 aromatic carbocycles. The first kappa shape index (κ1) is 16.0. The molecule has 2 rings (SSSR count). The first-order chi connectivity index (χ1) is 10.2. The van der Waals surface area contributed by atoms with E-state index in [-0.39, 0.29) is 11.3 Å². The van der Waals surface area contributed by atoms with E-state index in [1.165, 1.54) is 32.4 Å². The largest absolute Gasteiger partial charge is 0.496 e. The molecule has 0 bridgehead atoms. The number of ether oxygens (including phenoxy) is 1. The van der Waals surface area contributed by atoms with Gasteiger partial charge in [-0.05, 0) is 37.4 Å². The molecule has 116 valence electrons. The number of methoxy groups -OCH3 is 1. The maximum Gasteiger partial charge on any atom is 0.170 e. The Kier molecular flexibility index (Phi) is 5.74. The van der Waals surface area contributed by atoms with Crippen molar-refractivity contribution in [3.63, 3.8) is 0 Å². The number of hydrogen-bond acceptors (Lipinski definition) is 3. The molecule has 1 aromatic rings. The van der Waals surface area contributed by atoms with E-state index in [0.29, 0.717) is 18.7 Å². The van der Waals surface area contributed by atoms with Crippen molar-refractivity contribution in [2.45, 2.75) is 32.6 Å². The van der Waals surface area contributed by atoms with Crippen LogP contribution >= 0.6 is 0 Å². The molecular weight excluding hydrogens is 269 g/mol. The Hall–Kier alpha value is -1.42. The van der Waals surface area contributed by atoms with Crippen molar-refractivity contribution in [3.05, 3.63) is 29.6 Å². The van der Waals surface area contributed by atoms with Crippen LogP contribution in [0.15, 0.2) is 18.2 Å². The molecule has 0 N–H and O–H groups in total. The quantitative estimate of drug-likeness (QED) is 0.720. The summed E-state index contributed by atoms with van der Waals surface area (Å²) in [4.78, 5) is 14.6. The van der Waals surface area contributed by atoms with Gasteiger partial charge in [0.2, 0.25) is 0 Å². The van der Waals surface area contributed by atoms with Gasteiger partial charge >= 0.3 is 0 Å². The lowest BCUT2D eigenvalue weighted by atomic mass is 10.0. The number of rotatable bonds is 7. The van der Waals surface area contributed by atoms with E-state index in [1.807, 2.05) is 0 Å². The van der Waals surface area contributed by atoms with Gasteiger partial charge in [-0.25, -0.2) is 4.39 Å². The van der Waals surface area contributed by atoms with Gasteiger partial charge in [-0.3, -0.25) is 4.79 Å². The van der Waals surface area contributed by atoms with E-state index >= 15 is 0 Å². The van der Waals surface area contributed by atoms with Crippen molar-refractivity contribution in [3.8, 4) is 5.75 Å². The Balaban J connectivity index is 1.91. The Morgan fingerprint density at radius 2 is 2.29 bits per heavy atom. The predicted octanol–water partition coefficient (Wildman–Crippen LogP) is 3.53. The molecule has 4 heteroatoms. The number of hydrogen-bond donors (Lipinski definition) is 0. The first-order valence-corrected chi connectivity index (χ1v) is 7.73. The van der Waals surface area contributed by atoms with Crippen LogP contribution < -0.4 is 4.74 Å². The topological polar surface area (TPSA) is 29.5 Å². The third-order valence-corrected chi connectivity index (χ3v) is 4.20. The van der Waals surface area contributed by atoms with Crippen LogP contribution in [0.4, 0.5) is 4.39 Å². The zero-order valence-electron chi connectivity index (χ0n) is 12.9. The van der Waals surface area contributed by atoms with Crippen LogP contribution in [-0.4, -0.2) is 37.4 Å². The second kappa shape index (κ2) is 7.55. The Morgan fingerprint density at radius 3 is 3.00 bits per heavy atom. The molecular formula is C17H24FNO2. The van der Waals surface area contributed by atoms with Crippen molar-refractivity contribution in [1.82, 2.24) is 4.90 Å². The fourth-order valence-corrected chi connectivity index (χ4v) is 3.09. The molecule has 0 saturated carbocycles. The van der Waals surface area contributed by atoms with Crippen LogP contribution in [0.25, 0.3) is 0 Å². The van der Waals surface area contributed by atoms with Crippen LogP contribution in [0, 0.1) is 11.7 Å². The summed E-state index contributed by atoms with van der Waals surface area (Å²) in [5, 5.41) is 0. The van der Waals surface area contributed by atoms with Gasteiger partial charge in [-0.2, -0.15) is 0 Å². The zero-order valence-corrected chi connectivity index (χ0v) is 12.9. The summed E-state index contributed by atoms with van der Waals surface area (Å²) >= 11 is 0. The van der Waals surface area contributed by atoms with Crippen molar-refractivity contribution < 1.29 is 13.9 Å².